The van der Waals surface area contributed by atoms with Crippen molar-refractivity contribution in [1.29, 1.82) is 0 Å². The SMILES string of the molecule is CC(C)=C[C@H]1[C@@H](O[Si](C(C)C)(C(C)C)C(C)C)C(=O)N1C(=O)/C=C/CCCNC(=O)OC(C)(C)C. The first-order valence-corrected chi connectivity index (χ1v) is 15.0. The molecule has 0 aromatic carbocycles. The van der Waals surface area contributed by atoms with Crippen molar-refractivity contribution in [3.8, 4) is 0 Å². The molecule has 1 aliphatic rings. The van der Waals surface area contributed by atoms with Crippen molar-refractivity contribution in [3.05, 3.63) is 23.8 Å². The van der Waals surface area contributed by atoms with Gasteiger partial charge in [0.1, 0.15) is 11.7 Å². The number of hydrogen-bond donors (Lipinski definition) is 1. The van der Waals surface area contributed by atoms with Gasteiger partial charge in [-0.05, 0) is 70.2 Å². The molecule has 2 atom stereocenters. The number of nitrogens with one attached hydrogen (secondary N) is 1. The molecule has 35 heavy (non-hydrogen) atoms. The van der Waals surface area contributed by atoms with E-state index in [4.69, 9.17) is 9.16 Å². The molecule has 0 bridgehead atoms. The minimum atomic E-state index is -2.28. The van der Waals surface area contributed by atoms with Gasteiger partial charge in [-0.25, -0.2) is 4.79 Å². The molecule has 7 nitrogen and oxygen atoms in total. The van der Waals surface area contributed by atoms with Gasteiger partial charge in [-0.1, -0.05) is 59.3 Å². The maximum absolute atomic E-state index is 13.1. The van der Waals surface area contributed by atoms with Crippen LogP contribution in [-0.2, 0) is 18.8 Å². The summed E-state index contributed by atoms with van der Waals surface area (Å²) in [5, 5.41) is 2.70. The molecule has 0 unspecified atom stereocenters. The number of unbranched alkanes of at least 4 members (excludes halogenated alkanes) is 1. The van der Waals surface area contributed by atoms with Crippen LogP contribution >= 0.6 is 0 Å². The minimum absolute atomic E-state index is 0.257. The molecule has 1 heterocycles. The van der Waals surface area contributed by atoms with E-state index in [1.54, 1.807) is 6.08 Å². The van der Waals surface area contributed by atoms with E-state index in [2.05, 4.69) is 46.9 Å². The van der Waals surface area contributed by atoms with Gasteiger partial charge < -0.3 is 14.5 Å². The lowest BCUT2D eigenvalue weighted by molar-refractivity contribution is -0.167. The Morgan fingerprint density at radius 3 is 2.06 bits per heavy atom. The minimum Gasteiger partial charge on any atom is -0.444 e. The van der Waals surface area contributed by atoms with E-state index < -0.39 is 26.1 Å². The molecule has 1 aliphatic heterocycles. The van der Waals surface area contributed by atoms with Gasteiger partial charge in [0.2, 0.25) is 8.32 Å². The van der Waals surface area contributed by atoms with Gasteiger partial charge in [-0.15, -0.1) is 0 Å². The zero-order chi connectivity index (χ0) is 27.1. The first-order valence-electron chi connectivity index (χ1n) is 12.9. The summed E-state index contributed by atoms with van der Waals surface area (Å²) >= 11 is 0. The normalized spacial score (nSPS) is 18.9. The Bertz CT molecular complexity index is 785. The fourth-order valence-electron chi connectivity index (χ4n) is 4.98. The number of β-lactam (4-membered cyclic amide) rings is 1. The lowest BCUT2D eigenvalue weighted by atomic mass is 9.96. The zero-order valence-corrected chi connectivity index (χ0v) is 24.7. The summed E-state index contributed by atoms with van der Waals surface area (Å²) in [6, 6.07) is -0.387. The van der Waals surface area contributed by atoms with Gasteiger partial charge >= 0.3 is 6.09 Å². The number of carbonyl (C=O) groups excluding carboxylic acids is 3. The largest absolute Gasteiger partial charge is 0.444 e. The van der Waals surface area contributed by atoms with E-state index in [0.717, 1.165) is 5.57 Å². The van der Waals surface area contributed by atoms with Crippen molar-refractivity contribution in [2.75, 3.05) is 6.54 Å². The van der Waals surface area contributed by atoms with Crippen molar-refractivity contribution in [2.45, 2.75) is 123 Å². The summed E-state index contributed by atoms with van der Waals surface area (Å²) in [4.78, 5) is 39.0. The number of imide groups is 1. The molecule has 0 spiro atoms. The molecule has 0 radical (unpaired) electrons. The Morgan fingerprint density at radius 1 is 1.06 bits per heavy atom. The molecule has 200 valence electrons. The van der Waals surface area contributed by atoms with Crippen LogP contribution in [0.5, 0.6) is 0 Å². The Morgan fingerprint density at radius 2 is 1.60 bits per heavy atom. The van der Waals surface area contributed by atoms with Crippen LogP contribution in [0.3, 0.4) is 0 Å². The van der Waals surface area contributed by atoms with E-state index in [-0.39, 0.29) is 17.9 Å². The van der Waals surface area contributed by atoms with Gasteiger partial charge in [-0.2, -0.15) is 0 Å². The van der Waals surface area contributed by atoms with Crippen molar-refractivity contribution < 1.29 is 23.5 Å². The summed E-state index contributed by atoms with van der Waals surface area (Å²) in [6.07, 6.45) is 5.35. The summed E-state index contributed by atoms with van der Waals surface area (Å²) in [5.74, 6) is -0.587. The highest BCUT2D eigenvalue weighted by Gasteiger charge is 2.56. The number of alkyl carbamates (subject to hydrolysis) is 1. The van der Waals surface area contributed by atoms with E-state index in [0.29, 0.717) is 36.0 Å². The molecular weight excluding hydrogens is 460 g/mol. The molecule has 1 fully saturated rings. The third-order valence-corrected chi connectivity index (χ3v) is 12.4. The second-order valence-electron chi connectivity index (χ2n) is 11.6. The highest BCUT2D eigenvalue weighted by atomic mass is 28.4. The molecular formula is C27H48N2O5Si. The quantitative estimate of drug-likeness (QED) is 0.120. The summed E-state index contributed by atoms with van der Waals surface area (Å²) < 4.78 is 12.0. The topological polar surface area (TPSA) is 84.9 Å². The molecule has 1 N–H and O–H groups in total. The molecule has 8 heteroatoms. The van der Waals surface area contributed by atoms with E-state index in [1.807, 2.05) is 40.7 Å². The molecule has 0 aliphatic carbocycles. The number of likely N-dealkylation sites (tertiary alicyclic amines) is 1. The predicted molar refractivity (Wildman–Crippen MR) is 144 cm³/mol. The van der Waals surface area contributed by atoms with Gasteiger partial charge in [0, 0.05) is 6.54 Å². The molecule has 3 amide bonds. The maximum atomic E-state index is 13.1. The van der Waals surface area contributed by atoms with Crippen LogP contribution in [0.25, 0.3) is 0 Å². The van der Waals surface area contributed by atoms with E-state index in [1.165, 1.54) is 11.0 Å². The fraction of sp³-hybridized carbons (Fsp3) is 0.741. The van der Waals surface area contributed by atoms with Gasteiger partial charge in [0.15, 0.2) is 0 Å². The third kappa shape index (κ3) is 8.31. The van der Waals surface area contributed by atoms with Crippen LogP contribution in [-0.4, -0.2) is 55.4 Å². The van der Waals surface area contributed by atoms with E-state index >= 15 is 0 Å². The average Bonchev–Trinajstić information content (AvgIpc) is 2.68. The highest BCUT2D eigenvalue weighted by Crippen LogP contribution is 2.45. The summed E-state index contributed by atoms with van der Waals surface area (Å²) in [6.45, 7) is 22.9. The number of hydrogen-bond acceptors (Lipinski definition) is 5. The Hall–Kier alpha value is -1.93. The third-order valence-electron chi connectivity index (χ3n) is 6.35. The lowest BCUT2D eigenvalue weighted by Crippen LogP contribution is -2.70. The van der Waals surface area contributed by atoms with Crippen LogP contribution in [0.2, 0.25) is 16.6 Å². The Labute approximate surface area is 213 Å². The van der Waals surface area contributed by atoms with Crippen LogP contribution in [0.15, 0.2) is 23.8 Å². The standard InChI is InChI=1S/C27H48N2O5Si/c1-18(2)17-22-24(34-35(19(3)4,20(5)6)21(7)8)25(31)29(22)23(30)15-13-12-14-16-28-26(32)33-27(9,10)11/h13,15,17,19-22,24H,12,14,16H2,1-11H3,(H,28,32)/b15-13+/t22-,24+/m0/s1. The van der Waals surface area contributed by atoms with Gasteiger partial charge in [-0.3, -0.25) is 14.5 Å². The lowest BCUT2D eigenvalue weighted by Gasteiger charge is -2.51. The molecule has 0 saturated carbocycles. The number of amides is 3. The molecule has 1 saturated heterocycles. The predicted octanol–water partition coefficient (Wildman–Crippen LogP) is 6.11. The average molecular weight is 509 g/mol. The van der Waals surface area contributed by atoms with Crippen molar-refractivity contribution in [3.63, 3.8) is 0 Å². The van der Waals surface area contributed by atoms with Gasteiger partial charge in [0.25, 0.3) is 11.8 Å². The summed E-state index contributed by atoms with van der Waals surface area (Å²) in [5.41, 5.74) is 1.55. The van der Waals surface area contributed by atoms with Crippen LogP contribution in [0, 0.1) is 0 Å². The van der Waals surface area contributed by atoms with Crippen molar-refractivity contribution in [1.82, 2.24) is 10.2 Å². The first kappa shape index (κ1) is 31.1. The number of ether oxygens (including phenoxy) is 1. The van der Waals surface area contributed by atoms with Crippen molar-refractivity contribution >= 4 is 26.2 Å². The van der Waals surface area contributed by atoms with Crippen LogP contribution in [0.1, 0.15) is 89.0 Å². The molecule has 0 aromatic rings. The van der Waals surface area contributed by atoms with Crippen LogP contribution < -0.4 is 5.32 Å². The smallest absolute Gasteiger partial charge is 0.407 e. The Kier molecular flexibility index (Phi) is 11.4. The zero-order valence-electron chi connectivity index (χ0n) is 23.7. The van der Waals surface area contributed by atoms with Gasteiger partial charge in [0.05, 0.1) is 6.04 Å². The number of allylic oxidation sites excluding steroid dienone is 2. The number of carbonyl (C=O) groups is 3. The number of nitrogens with zero attached hydrogens (tertiary/aromatic N) is 1. The van der Waals surface area contributed by atoms with E-state index in [9.17, 15) is 14.4 Å². The van der Waals surface area contributed by atoms with Crippen LogP contribution in [0.4, 0.5) is 4.79 Å². The maximum Gasteiger partial charge on any atom is 0.407 e. The first-order chi connectivity index (χ1) is 16.0. The second kappa shape index (κ2) is 12.9. The molecule has 1 rings (SSSR count). The fourth-order valence-corrected chi connectivity index (χ4v) is 10.5. The highest BCUT2D eigenvalue weighted by molar-refractivity contribution is 6.77. The molecule has 0 aromatic heterocycles. The number of rotatable bonds is 11. The summed E-state index contributed by atoms with van der Waals surface area (Å²) in [7, 11) is -2.28. The Balaban J connectivity index is 2.82. The second-order valence-corrected chi connectivity index (χ2v) is 17.0. The monoisotopic (exact) mass is 508 g/mol. The van der Waals surface area contributed by atoms with Crippen molar-refractivity contribution in [2.24, 2.45) is 0 Å².